The Morgan fingerprint density at radius 3 is 2.31 bits per heavy atom. The molecule has 1 aliphatic rings. The lowest BCUT2D eigenvalue weighted by atomic mass is 10.2. The molecule has 0 saturated heterocycles. The number of hydrogen-bond donors (Lipinski definition) is 1. The van der Waals surface area contributed by atoms with Gasteiger partial charge in [0.15, 0.2) is 0 Å². The van der Waals surface area contributed by atoms with Gasteiger partial charge < -0.3 is 10.1 Å². The quantitative estimate of drug-likeness (QED) is 0.175. The number of aryl methyl sites for hydroxylation is 1. The van der Waals surface area contributed by atoms with Gasteiger partial charge in [0.25, 0.3) is 11.8 Å². The number of nitrogens with one attached hydrogen (secondary N) is 1. The summed E-state index contributed by atoms with van der Waals surface area (Å²) in [6.07, 6.45) is -2.97. The molecule has 2 amide bonds. The van der Waals surface area contributed by atoms with Gasteiger partial charge in [0.1, 0.15) is 10.6 Å². The Morgan fingerprint density at radius 1 is 0.974 bits per heavy atom. The first-order valence-corrected chi connectivity index (χ1v) is 13.0. The molecule has 3 aromatic rings. The first-order chi connectivity index (χ1) is 18.6. The van der Waals surface area contributed by atoms with Crippen molar-refractivity contribution >= 4 is 40.9 Å². The fourth-order valence-corrected chi connectivity index (χ4v) is 4.66. The fourth-order valence-electron chi connectivity index (χ4n) is 3.73. The van der Waals surface area contributed by atoms with Crippen molar-refractivity contribution in [2.75, 3.05) is 16.8 Å². The van der Waals surface area contributed by atoms with E-state index in [4.69, 9.17) is 4.74 Å². The van der Waals surface area contributed by atoms with Crippen molar-refractivity contribution in [1.82, 2.24) is 0 Å². The molecule has 1 heterocycles. The summed E-state index contributed by atoms with van der Waals surface area (Å²) in [4.78, 5) is 40.9. The van der Waals surface area contributed by atoms with Crippen molar-refractivity contribution < 1.29 is 32.3 Å². The van der Waals surface area contributed by atoms with E-state index in [9.17, 15) is 27.6 Å². The second-order valence-electron chi connectivity index (χ2n) is 8.80. The van der Waals surface area contributed by atoms with Crippen molar-refractivity contribution in [2.45, 2.75) is 37.8 Å². The highest BCUT2D eigenvalue weighted by Crippen LogP contribution is 2.39. The van der Waals surface area contributed by atoms with Crippen molar-refractivity contribution in [3.63, 3.8) is 0 Å². The van der Waals surface area contributed by atoms with Crippen LogP contribution in [0.25, 0.3) is 0 Å². The number of nitrogens with zero attached hydrogens (tertiary/aromatic N) is 1. The molecule has 1 N–H and O–H groups in total. The molecule has 202 valence electrons. The second-order valence-corrected chi connectivity index (χ2v) is 9.89. The summed E-state index contributed by atoms with van der Waals surface area (Å²) >= 11 is 1.04. The third kappa shape index (κ3) is 6.51. The van der Waals surface area contributed by atoms with Crippen molar-refractivity contribution in [2.24, 2.45) is 0 Å². The Kier molecular flexibility index (Phi) is 8.44. The third-order valence-corrected chi connectivity index (χ3v) is 6.92. The van der Waals surface area contributed by atoms with E-state index < -0.39 is 29.5 Å². The first kappa shape index (κ1) is 28.0. The number of rotatable bonds is 9. The lowest BCUT2D eigenvalue weighted by Gasteiger charge is -2.16. The maximum atomic E-state index is 13.5. The summed E-state index contributed by atoms with van der Waals surface area (Å²) in [5.41, 5.74) is 0.440. The molecule has 0 atom stereocenters. The van der Waals surface area contributed by atoms with Gasteiger partial charge in [-0.2, -0.15) is 13.2 Å². The summed E-state index contributed by atoms with van der Waals surface area (Å²) in [6.45, 7) is 4.17. The average Bonchev–Trinajstić information content (AvgIpc) is 3.13. The molecule has 3 aromatic carbocycles. The Hall–Kier alpha value is -4.05. The van der Waals surface area contributed by atoms with E-state index in [0.717, 1.165) is 47.2 Å². The number of anilines is 2. The van der Waals surface area contributed by atoms with E-state index in [1.165, 1.54) is 36.4 Å². The number of benzene rings is 3. The largest absolute Gasteiger partial charge is 0.462 e. The van der Waals surface area contributed by atoms with E-state index in [1.54, 1.807) is 12.1 Å². The molecule has 0 aliphatic carbocycles. The van der Waals surface area contributed by atoms with Crippen molar-refractivity contribution in [3.05, 3.63) is 100 Å². The highest BCUT2D eigenvalue weighted by atomic mass is 32.2. The predicted molar refractivity (Wildman–Crippen MR) is 143 cm³/mol. The molecule has 0 fully saturated rings. The van der Waals surface area contributed by atoms with Gasteiger partial charge in [-0.1, -0.05) is 48.9 Å². The van der Waals surface area contributed by atoms with Crippen molar-refractivity contribution in [3.8, 4) is 0 Å². The van der Waals surface area contributed by atoms with Crippen LogP contribution in [0.2, 0.25) is 0 Å². The van der Waals surface area contributed by atoms with E-state index in [-0.39, 0.29) is 34.1 Å². The highest BCUT2D eigenvalue weighted by molar-refractivity contribution is 8.04. The number of ether oxygens (including phenoxy) is 1. The summed E-state index contributed by atoms with van der Waals surface area (Å²) < 4.78 is 45.0. The number of unbranched alkanes of at least 4 members (excludes halogenated alkanes) is 1. The smallest absolute Gasteiger partial charge is 0.416 e. The van der Waals surface area contributed by atoms with Gasteiger partial charge >= 0.3 is 12.1 Å². The second kappa shape index (κ2) is 11.8. The normalized spacial score (nSPS) is 13.7. The van der Waals surface area contributed by atoms with Crippen molar-refractivity contribution in [1.29, 1.82) is 0 Å². The Balaban J connectivity index is 1.65. The van der Waals surface area contributed by atoms with Gasteiger partial charge in [-0.25, -0.2) is 9.69 Å². The average molecular weight is 555 g/mol. The van der Waals surface area contributed by atoms with Gasteiger partial charge in [-0.05, 0) is 67.9 Å². The standard InChI is InChI=1S/C29H25F3N2O4S/c1-3-4-16-38-28(37)19-10-12-22(13-11-19)34-26(35)24(33-21-7-5-6-20(17-21)29(30,31)32)25(27(34)36)39-23-14-8-18(2)9-15-23/h5-15,17,33H,3-4,16H2,1-2H3. The van der Waals surface area contributed by atoms with Crippen LogP contribution in [-0.4, -0.2) is 24.4 Å². The molecule has 39 heavy (non-hydrogen) atoms. The lowest BCUT2D eigenvalue weighted by molar-refractivity contribution is -0.137. The van der Waals surface area contributed by atoms with Crippen LogP contribution in [0, 0.1) is 6.92 Å². The summed E-state index contributed by atoms with van der Waals surface area (Å²) in [5.74, 6) is -1.89. The minimum atomic E-state index is -4.58. The molecule has 1 aliphatic heterocycles. The van der Waals surface area contributed by atoms with Crippen LogP contribution in [0.5, 0.6) is 0 Å². The number of alkyl halides is 3. The fraction of sp³-hybridized carbons (Fsp3) is 0.207. The molecular weight excluding hydrogens is 529 g/mol. The first-order valence-electron chi connectivity index (χ1n) is 12.2. The van der Waals surface area contributed by atoms with E-state index in [0.29, 0.717) is 4.90 Å². The van der Waals surface area contributed by atoms with Crippen LogP contribution >= 0.6 is 11.8 Å². The zero-order chi connectivity index (χ0) is 28.2. The molecule has 6 nitrogen and oxygen atoms in total. The van der Waals surface area contributed by atoms with Gasteiger partial charge in [0.2, 0.25) is 0 Å². The molecule has 10 heteroatoms. The predicted octanol–water partition coefficient (Wildman–Crippen LogP) is 6.96. The highest BCUT2D eigenvalue weighted by Gasteiger charge is 2.40. The summed E-state index contributed by atoms with van der Waals surface area (Å²) in [6, 6.07) is 17.5. The van der Waals surface area contributed by atoms with E-state index in [2.05, 4.69) is 5.32 Å². The van der Waals surface area contributed by atoms with Gasteiger partial charge in [-0.3, -0.25) is 9.59 Å². The topological polar surface area (TPSA) is 75.7 Å². The molecule has 0 radical (unpaired) electrons. The maximum absolute atomic E-state index is 13.5. The Bertz CT molecular complexity index is 1420. The summed E-state index contributed by atoms with van der Waals surface area (Å²) in [7, 11) is 0. The number of carbonyl (C=O) groups excluding carboxylic acids is 3. The summed E-state index contributed by atoms with van der Waals surface area (Å²) in [5, 5.41) is 2.75. The number of imide groups is 1. The van der Waals surface area contributed by atoms with Crippen LogP contribution in [0.15, 0.2) is 88.3 Å². The molecule has 0 unspecified atom stereocenters. The van der Waals surface area contributed by atoms with Crippen LogP contribution in [0.4, 0.5) is 24.5 Å². The minimum absolute atomic E-state index is 0.00926. The molecule has 0 aromatic heterocycles. The lowest BCUT2D eigenvalue weighted by Crippen LogP contribution is -2.32. The number of esters is 1. The number of hydrogen-bond acceptors (Lipinski definition) is 6. The van der Waals surface area contributed by atoms with E-state index in [1.807, 2.05) is 26.0 Å². The Morgan fingerprint density at radius 2 is 1.67 bits per heavy atom. The third-order valence-electron chi connectivity index (χ3n) is 5.83. The zero-order valence-electron chi connectivity index (χ0n) is 21.2. The molecule has 0 saturated carbocycles. The van der Waals surface area contributed by atoms with Gasteiger partial charge in [0.05, 0.1) is 23.4 Å². The van der Waals surface area contributed by atoms with Crippen LogP contribution < -0.4 is 10.2 Å². The molecule has 0 bridgehead atoms. The SMILES string of the molecule is CCCCOC(=O)c1ccc(N2C(=O)C(Nc3cccc(C(F)(F)F)c3)=C(Sc3ccc(C)cc3)C2=O)cc1. The molecular formula is C29H25F3N2O4S. The Labute approximate surface area is 227 Å². The monoisotopic (exact) mass is 554 g/mol. The van der Waals surface area contributed by atoms with Gasteiger partial charge in [0, 0.05) is 10.6 Å². The van der Waals surface area contributed by atoms with Crippen LogP contribution in [0.3, 0.4) is 0 Å². The molecule has 0 spiro atoms. The number of amides is 2. The van der Waals surface area contributed by atoms with E-state index >= 15 is 0 Å². The number of halogens is 3. The zero-order valence-corrected chi connectivity index (χ0v) is 22.0. The molecule has 4 rings (SSSR count). The van der Waals surface area contributed by atoms with Crippen LogP contribution in [-0.2, 0) is 20.5 Å². The number of carbonyl (C=O) groups is 3. The van der Waals surface area contributed by atoms with Gasteiger partial charge in [-0.15, -0.1) is 0 Å². The number of thioether (sulfide) groups is 1. The maximum Gasteiger partial charge on any atom is 0.416 e. The minimum Gasteiger partial charge on any atom is -0.462 e. The van der Waals surface area contributed by atoms with Crippen LogP contribution in [0.1, 0.15) is 41.3 Å².